The second-order valence-electron chi connectivity index (χ2n) is 6.92. The number of nitrogens with zero attached hydrogens (tertiary/aromatic N) is 5. The van der Waals surface area contributed by atoms with Gasteiger partial charge in [-0.2, -0.15) is 0 Å². The Hall–Kier alpha value is -2.54. The lowest BCUT2D eigenvalue weighted by molar-refractivity contribution is -0.130. The third-order valence-corrected chi connectivity index (χ3v) is 4.69. The molecule has 1 fully saturated rings. The average molecular weight is 354 g/mol. The van der Waals surface area contributed by atoms with E-state index in [1.165, 1.54) is 0 Å². The number of nitrogens with one attached hydrogen (secondary N) is 1. The van der Waals surface area contributed by atoms with E-state index in [2.05, 4.69) is 25.2 Å². The maximum absolute atomic E-state index is 11.9. The second-order valence-corrected chi connectivity index (χ2v) is 6.92. The molecule has 138 valence electrons. The predicted molar refractivity (Wildman–Crippen MR) is 101 cm³/mol. The van der Waals surface area contributed by atoms with Crippen molar-refractivity contribution >= 4 is 17.5 Å². The molecule has 1 amide bonds. The Kier molecular flexibility index (Phi) is 5.78. The van der Waals surface area contributed by atoms with E-state index in [1.807, 2.05) is 25.1 Å². The first-order chi connectivity index (χ1) is 12.5. The van der Waals surface area contributed by atoms with Crippen LogP contribution < -0.4 is 5.32 Å². The Balaban J connectivity index is 1.66. The number of pyridine rings is 1. The Morgan fingerprint density at radius 3 is 2.65 bits per heavy atom. The number of likely N-dealkylation sites (N-methyl/N-ethyl adjacent to an activating group) is 1. The molecule has 2 aromatic heterocycles. The minimum atomic E-state index is 0.149. The van der Waals surface area contributed by atoms with Crippen molar-refractivity contribution in [3.8, 4) is 0 Å². The number of aryl methyl sites for hydroxylation is 1. The molecule has 0 spiro atoms. The van der Waals surface area contributed by atoms with E-state index in [1.54, 1.807) is 31.4 Å². The van der Waals surface area contributed by atoms with Gasteiger partial charge in [-0.05, 0) is 45.0 Å². The van der Waals surface area contributed by atoms with Crippen molar-refractivity contribution < 1.29 is 4.79 Å². The highest BCUT2D eigenvalue weighted by Gasteiger charge is 2.25. The summed E-state index contributed by atoms with van der Waals surface area (Å²) in [6.45, 7) is 4.23. The molecule has 1 aliphatic rings. The zero-order chi connectivity index (χ0) is 18.5. The average Bonchev–Trinajstić information content (AvgIpc) is 2.63. The normalized spacial score (nSPS) is 15.7. The number of hydrogen-bond acceptors (Lipinski definition) is 6. The number of likely N-dealkylation sites (tertiary alicyclic amines) is 1. The first-order valence-corrected chi connectivity index (χ1v) is 8.97. The lowest BCUT2D eigenvalue weighted by atomic mass is 9.93. The van der Waals surface area contributed by atoms with Crippen LogP contribution >= 0.6 is 0 Å². The van der Waals surface area contributed by atoms with Gasteiger partial charge in [0, 0.05) is 38.1 Å². The van der Waals surface area contributed by atoms with Gasteiger partial charge in [0.2, 0.25) is 5.91 Å². The Labute approximate surface area is 154 Å². The van der Waals surface area contributed by atoms with Crippen LogP contribution in [0.5, 0.6) is 0 Å². The highest BCUT2D eigenvalue weighted by Crippen LogP contribution is 2.31. The second kappa shape index (κ2) is 8.23. The van der Waals surface area contributed by atoms with E-state index in [4.69, 9.17) is 0 Å². The maximum atomic E-state index is 11.9. The molecule has 3 rings (SSSR count). The van der Waals surface area contributed by atoms with E-state index >= 15 is 0 Å². The molecule has 1 aliphatic heterocycles. The summed E-state index contributed by atoms with van der Waals surface area (Å²) >= 11 is 0. The van der Waals surface area contributed by atoms with Crippen LogP contribution in [-0.2, 0) is 4.79 Å². The number of anilines is 2. The SMILES string of the molecule is Cc1cccc(Nc2nccnc2C2CCN(CC(=O)N(C)C)CC2)n1. The van der Waals surface area contributed by atoms with Crippen LogP contribution in [0.1, 0.15) is 30.1 Å². The molecule has 7 heteroatoms. The van der Waals surface area contributed by atoms with Gasteiger partial charge >= 0.3 is 0 Å². The zero-order valence-electron chi connectivity index (χ0n) is 15.6. The Morgan fingerprint density at radius 2 is 1.96 bits per heavy atom. The summed E-state index contributed by atoms with van der Waals surface area (Å²) in [6.07, 6.45) is 5.38. The van der Waals surface area contributed by atoms with Gasteiger partial charge in [-0.15, -0.1) is 0 Å². The van der Waals surface area contributed by atoms with Crippen molar-refractivity contribution in [2.75, 3.05) is 39.0 Å². The van der Waals surface area contributed by atoms with Gasteiger partial charge in [-0.1, -0.05) is 6.07 Å². The molecular formula is C19H26N6O. The van der Waals surface area contributed by atoms with E-state index in [9.17, 15) is 4.79 Å². The molecule has 7 nitrogen and oxygen atoms in total. The molecule has 0 bridgehead atoms. The summed E-state index contributed by atoms with van der Waals surface area (Å²) in [4.78, 5) is 29.3. The molecule has 0 atom stereocenters. The number of hydrogen-bond donors (Lipinski definition) is 1. The molecule has 0 radical (unpaired) electrons. The van der Waals surface area contributed by atoms with Crippen LogP contribution in [0, 0.1) is 6.92 Å². The third-order valence-electron chi connectivity index (χ3n) is 4.69. The highest BCUT2D eigenvalue weighted by atomic mass is 16.2. The fraction of sp³-hybridized carbons (Fsp3) is 0.474. The number of piperidine rings is 1. The van der Waals surface area contributed by atoms with Gasteiger partial charge in [0.25, 0.3) is 0 Å². The topological polar surface area (TPSA) is 74.2 Å². The highest BCUT2D eigenvalue weighted by molar-refractivity contribution is 5.77. The minimum absolute atomic E-state index is 0.149. The van der Waals surface area contributed by atoms with Crippen molar-refractivity contribution in [3.63, 3.8) is 0 Å². The lowest BCUT2D eigenvalue weighted by Crippen LogP contribution is -2.40. The summed E-state index contributed by atoms with van der Waals surface area (Å²) in [5.41, 5.74) is 1.94. The molecule has 26 heavy (non-hydrogen) atoms. The van der Waals surface area contributed by atoms with E-state index in [0.29, 0.717) is 12.5 Å². The minimum Gasteiger partial charge on any atom is -0.348 e. The lowest BCUT2D eigenvalue weighted by Gasteiger charge is -2.32. The van der Waals surface area contributed by atoms with Crippen molar-refractivity contribution in [2.24, 2.45) is 0 Å². The van der Waals surface area contributed by atoms with Gasteiger partial charge in [0.15, 0.2) is 5.82 Å². The molecule has 0 aromatic carbocycles. The van der Waals surface area contributed by atoms with Crippen LogP contribution in [0.2, 0.25) is 0 Å². The van der Waals surface area contributed by atoms with Crippen molar-refractivity contribution in [1.29, 1.82) is 0 Å². The van der Waals surface area contributed by atoms with Crippen LogP contribution in [-0.4, -0.2) is 64.4 Å². The fourth-order valence-electron chi connectivity index (χ4n) is 3.18. The van der Waals surface area contributed by atoms with Gasteiger partial charge in [-0.25, -0.2) is 9.97 Å². The molecule has 1 N–H and O–H groups in total. The summed E-state index contributed by atoms with van der Waals surface area (Å²) in [5, 5.41) is 3.31. The van der Waals surface area contributed by atoms with E-state index in [-0.39, 0.29) is 5.91 Å². The van der Waals surface area contributed by atoms with Gasteiger partial charge in [0.1, 0.15) is 5.82 Å². The molecule has 2 aromatic rings. The predicted octanol–water partition coefficient (Wildman–Crippen LogP) is 2.19. The first-order valence-electron chi connectivity index (χ1n) is 8.97. The van der Waals surface area contributed by atoms with Gasteiger partial charge in [-0.3, -0.25) is 14.7 Å². The third kappa shape index (κ3) is 4.54. The van der Waals surface area contributed by atoms with Gasteiger partial charge in [0.05, 0.1) is 12.2 Å². The smallest absolute Gasteiger partial charge is 0.236 e. The largest absolute Gasteiger partial charge is 0.348 e. The van der Waals surface area contributed by atoms with Crippen LogP contribution in [0.4, 0.5) is 11.6 Å². The van der Waals surface area contributed by atoms with Crippen molar-refractivity contribution in [3.05, 3.63) is 42.0 Å². The zero-order valence-corrected chi connectivity index (χ0v) is 15.6. The van der Waals surface area contributed by atoms with Gasteiger partial charge < -0.3 is 10.2 Å². The standard InChI is InChI=1S/C19H26N6O/c1-14-5-4-6-16(22-14)23-19-18(20-9-10-21-19)15-7-11-25(12-8-15)13-17(26)24(2)3/h4-6,9-10,15H,7-8,11-13H2,1-3H3,(H,21,22,23). The summed E-state index contributed by atoms with van der Waals surface area (Å²) in [7, 11) is 3.60. The molecule has 0 saturated carbocycles. The molecule has 0 aliphatic carbocycles. The number of aromatic nitrogens is 3. The Morgan fingerprint density at radius 1 is 1.23 bits per heavy atom. The van der Waals surface area contributed by atoms with Crippen molar-refractivity contribution in [2.45, 2.75) is 25.7 Å². The Bertz CT molecular complexity index is 755. The molecular weight excluding hydrogens is 328 g/mol. The first kappa shape index (κ1) is 18.3. The van der Waals surface area contributed by atoms with Crippen LogP contribution in [0.3, 0.4) is 0 Å². The molecule has 0 unspecified atom stereocenters. The number of carbonyl (C=O) groups excluding carboxylic acids is 1. The quantitative estimate of drug-likeness (QED) is 0.887. The maximum Gasteiger partial charge on any atom is 0.236 e. The molecule has 1 saturated heterocycles. The fourth-order valence-corrected chi connectivity index (χ4v) is 3.18. The van der Waals surface area contributed by atoms with Crippen LogP contribution in [0.15, 0.2) is 30.6 Å². The van der Waals surface area contributed by atoms with E-state index in [0.717, 1.165) is 49.0 Å². The number of amides is 1. The molecule has 3 heterocycles. The summed E-state index contributed by atoms with van der Waals surface area (Å²) < 4.78 is 0. The number of carbonyl (C=O) groups is 1. The van der Waals surface area contributed by atoms with Crippen molar-refractivity contribution in [1.82, 2.24) is 24.8 Å². The van der Waals surface area contributed by atoms with Crippen LogP contribution in [0.25, 0.3) is 0 Å². The summed E-state index contributed by atoms with van der Waals surface area (Å²) in [5.74, 6) is 2.03. The number of rotatable bonds is 5. The monoisotopic (exact) mass is 354 g/mol. The summed E-state index contributed by atoms with van der Waals surface area (Å²) in [6, 6.07) is 5.87. The van der Waals surface area contributed by atoms with E-state index < -0.39 is 0 Å².